The van der Waals surface area contributed by atoms with E-state index >= 15 is 0 Å². The minimum absolute atomic E-state index is 0.321. The second-order valence-electron chi connectivity index (χ2n) is 4.14. The van der Waals surface area contributed by atoms with E-state index < -0.39 is 12.3 Å². The molecule has 2 rings (SSSR count). The van der Waals surface area contributed by atoms with E-state index in [9.17, 15) is 18.0 Å². The predicted molar refractivity (Wildman–Crippen MR) is 75.1 cm³/mol. The number of amides is 1. The lowest BCUT2D eigenvalue weighted by atomic mass is 10.2. The van der Waals surface area contributed by atoms with Crippen LogP contribution in [0, 0.1) is 11.8 Å². The molecular formula is C16H10F3NO2. The van der Waals surface area contributed by atoms with Crippen molar-refractivity contribution in [3.05, 3.63) is 60.2 Å². The Morgan fingerprint density at radius 2 is 1.64 bits per heavy atom. The summed E-state index contributed by atoms with van der Waals surface area (Å²) < 4.78 is 39.7. The molecule has 0 saturated carbocycles. The maximum atomic E-state index is 12.0. The maximum Gasteiger partial charge on any atom is 0.573 e. The molecule has 2 aromatic carbocycles. The van der Waals surface area contributed by atoms with Gasteiger partial charge in [-0.25, -0.2) is 0 Å². The largest absolute Gasteiger partial charge is 0.573 e. The minimum atomic E-state index is -4.74. The van der Waals surface area contributed by atoms with Crippen LogP contribution in [0.2, 0.25) is 0 Å². The number of benzene rings is 2. The van der Waals surface area contributed by atoms with Gasteiger partial charge >= 0.3 is 12.3 Å². The number of carbonyl (C=O) groups excluding carboxylic acids is 1. The first-order valence-corrected chi connectivity index (χ1v) is 6.16. The summed E-state index contributed by atoms with van der Waals surface area (Å²) in [6.45, 7) is 0. The first kappa shape index (κ1) is 15.4. The summed E-state index contributed by atoms with van der Waals surface area (Å²) >= 11 is 0. The molecule has 0 spiro atoms. The summed E-state index contributed by atoms with van der Waals surface area (Å²) in [5, 5.41) is 2.45. The van der Waals surface area contributed by atoms with E-state index in [1.165, 1.54) is 12.1 Å². The average Bonchev–Trinajstić information content (AvgIpc) is 2.47. The summed E-state index contributed by atoms with van der Waals surface area (Å²) in [6, 6.07) is 13.7. The second-order valence-corrected chi connectivity index (χ2v) is 4.14. The summed E-state index contributed by atoms with van der Waals surface area (Å²) in [4.78, 5) is 11.6. The van der Waals surface area contributed by atoms with Gasteiger partial charge in [0.25, 0.3) is 0 Å². The number of anilines is 1. The van der Waals surface area contributed by atoms with Crippen molar-refractivity contribution in [2.45, 2.75) is 6.36 Å². The van der Waals surface area contributed by atoms with Gasteiger partial charge in [-0.05, 0) is 36.4 Å². The number of alkyl halides is 3. The molecule has 0 bridgehead atoms. The molecular weight excluding hydrogens is 295 g/mol. The smallest absolute Gasteiger partial charge is 0.406 e. The van der Waals surface area contributed by atoms with Crippen molar-refractivity contribution in [3.63, 3.8) is 0 Å². The molecule has 1 amide bonds. The van der Waals surface area contributed by atoms with Gasteiger partial charge < -0.3 is 10.1 Å². The van der Waals surface area contributed by atoms with Crippen molar-refractivity contribution < 1.29 is 22.7 Å². The molecule has 112 valence electrons. The molecule has 0 heterocycles. The van der Waals surface area contributed by atoms with Gasteiger partial charge in [-0.15, -0.1) is 13.2 Å². The molecule has 0 aliphatic carbocycles. The van der Waals surface area contributed by atoms with Crippen molar-refractivity contribution in [1.29, 1.82) is 0 Å². The Balaban J connectivity index is 1.96. The van der Waals surface area contributed by atoms with Crippen LogP contribution in [0.1, 0.15) is 5.56 Å². The van der Waals surface area contributed by atoms with E-state index in [0.717, 1.165) is 12.1 Å². The van der Waals surface area contributed by atoms with Gasteiger partial charge in [-0.3, -0.25) is 4.79 Å². The lowest BCUT2D eigenvalue weighted by Gasteiger charge is -2.09. The van der Waals surface area contributed by atoms with Crippen molar-refractivity contribution in [1.82, 2.24) is 0 Å². The van der Waals surface area contributed by atoms with Gasteiger partial charge in [0.05, 0.1) is 0 Å². The highest BCUT2D eigenvalue weighted by Gasteiger charge is 2.30. The molecule has 0 aliphatic heterocycles. The number of hydrogen-bond donors (Lipinski definition) is 1. The maximum absolute atomic E-state index is 12.0. The van der Waals surface area contributed by atoms with Crippen molar-refractivity contribution in [2.24, 2.45) is 0 Å². The lowest BCUT2D eigenvalue weighted by molar-refractivity contribution is -0.274. The number of nitrogens with one attached hydrogen (secondary N) is 1. The van der Waals surface area contributed by atoms with Crippen LogP contribution in [-0.2, 0) is 4.79 Å². The standard InChI is InChI=1S/C16H10F3NO2/c17-16(18,19)22-14-9-7-13(8-10-14)20-15(21)11-6-12-4-2-1-3-5-12/h1-5,7-10H,(H,20,21). The molecule has 0 atom stereocenters. The number of ether oxygens (including phenoxy) is 1. The van der Waals surface area contributed by atoms with Gasteiger partial charge in [0.2, 0.25) is 0 Å². The van der Waals surface area contributed by atoms with Gasteiger partial charge in [-0.2, -0.15) is 0 Å². The Kier molecular flexibility index (Phi) is 4.69. The van der Waals surface area contributed by atoms with Crippen LogP contribution in [0.25, 0.3) is 0 Å². The third-order valence-electron chi connectivity index (χ3n) is 2.44. The van der Waals surface area contributed by atoms with E-state index in [4.69, 9.17) is 0 Å². The highest BCUT2D eigenvalue weighted by atomic mass is 19.4. The van der Waals surface area contributed by atoms with Crippen LogP contribution in [0.5, 0.6) is 5.75 Å². The molecule has 6 heteroatoms. The van der Waals surface area contributed by atoms with Crippen molar-refractivity contribution >= 4 is 11.6 Å². The van der Waals surface area contributed by atoms with Crippen molar-refractivity contribution in [2.75, 3.05) is 5.32 Å². The Bertz CT molecular complexity index is 698. The lowest BCUT2D eigenvalue weighted by Crippen LogP contribution is -2.17. The van der Waals surface area contributed by atoms with Crippen LogP contribution in [0.3, 0.4) is 0 Å². The Morgan fingerprint density at radius 1 is 1.00 bits per heavy atom. The zero-order valence-electron chi connectivity index (χ0n) is 11.1. The summed E-state index contributed by atoms with van der Waals surface area (Å²) in [5.74, 6) is 4.14. The van der Waals surface area contributed by atoms with E-state index in [-0.39, 0.29) is 5.75 Å². The van der Waals surface area contributed by atoms with Crippen LogP contribution in [-0.4, -0.2) is 12.3 Å². The van der Waals surface area contributed by atoms with Gasteiger partial charge in [-0.1, -0.05) is 24.1 Å². The zero-order valence-corrected chi connectivity index (χ0v) is 11.1. The van der Waals surface area contributed by atoms with Gasteiger partial charge in [0, 0.05) is 17.2 Å². The van der Waals surface area contributed by atoms with Gasteiger partial charge in [0.15, 0.2) is 0 Å². The normalized spacial score (nSPS) is 10.3. The summed E-state index contributed by atoms with van der Waals surface area (Å²) in [7, 11) is 0. The molecule has 0 unspecified atom stereocenters. The highest BCUT2D eigenvalue weighted by Crippen LogP contribution is 2.23. The molecule has 0 aromatic heterocycles. The first-order valence-electron chi connectivity index (χ1n) is 6.16. The molecule has 0 fully saturated rings. The fraction of sp³-hybridized carbons (Fsp3) is 0.0625. The van der Waals surface area contributed by atoms with Crippen LogP contribution in [0.15, 0.2) is 54.6 Å². The van der Waals surface area contributed by atoms with Crippen LogP contribution >= 0.6 is 0 Å². The van der Waals surface area contributed by atoms with E-state index in [2.05, 4.69) is 21.9 Å². The fourth-order valence-electron chi connectivity index (χ4n) is 1.55. The van der Waals surface area contributed by atoms with E-state index in [0.29, 0.717) is 11.3 Å². The first-order chi connectivity index (χ1) is 10.4. The quantitative estimate of drug-likeness (QED) is 0.861. The Morgan fingerprint density at radius 3 is 2.23 bits per heavy atom. The summed E-state index contributed by atoms with van der Waals surface area (Å²) in [5.41, 5.74) is 1.01. The molecule has 3 nitrogen and oxygen atoms in total. The number of hydrogen-bond acceptors (Lipinski definition) is 2. The van der Waals surface area contributed by atoms with Crippen molar-refractivity contribution in [3.8, 4) is 17.6 Å². The third kappa shape index (κ3) is 5.21. The highest BCUT2D eigenvalue weighted by molar-refractivity contribution is 6.04. The third-order valence-corrected chi connectivity index (χ3v) is 2.44. The number of rotatable bonds is 2. The predicted octanol–water partition coefficient (Wildman–Crippen LogP) is 3.58. The summed E-state index contributed by atoms with van der Waals surface area (Å²) in [6.07, 6.45) is -4.74. The number of halogens is 3. The van der Waals surface area contributed by atoms with E-state index in [1.54, 1.807) is 24.3 Å². The van der Waals surface area contributed by atoms with Crippen LogP contribution in [0.4, 0.5) is 18.9 Å². The zero-order chi connectivity index (χ0) is 16.0. The average molecular weight is 305 g/mol. The molecule has 1 N–H and O–H groups in total. The van der Waals surface area contributed by atoms with Gasteiger partial charge in [0.1, 0.15) is 5.75 Å². The molecule has 0 saturated heterocycles. The SMILES string of the molecule is O=C(C#Cc1ccccc1)Nc1ccc(OC(F)(F)F)cc1. The van der Waals surface area contributed by atoms with E-state index in [1.807, 2.05) is 6.07 Å². The number of carbonyl (C=O) groups is 1. The molecule has 0 radical (unpaired) electrons. The molecule has 0 aliphatic rings. The Hall–Kier alpha value is -2.94. The Labute approximate surface area is 124 Å². The second kappa shape index (κ2) is 6.68. The topological polar surface area (TPSA) is 38.3 Å². The minimum Gasteiger partial charge on any atom is -0.406 e. The van der Waals surface area contributed by atoms with Crippen LogP contribution < -0.4 is 10.1 Å². The molecule has 22 heavy (non-hydrogen) atoms. The fourth-order valence-corrected chi connectivity index (χ4v) is 1.55. The monoisotopic (exact) mass is 305 g/mol. The molecule has 2 aromatic rings.